The molecule has 1 heterocycles. The lowest BCUT2D eigenvalue weighted by Gasteiger charge is -2.15. The van der Waals surface area contributed by atoms with Crippen LogP contribution in [0.1, 0.15) is 0 Å². The lowest BCUT2D eigenvalue weighted by Crippen LogP contribution is -2.31. The molecule has 6 heteroatoms. The van der Waals surface area contributed by atoms with Crippen LogP contribution in [0.5, 0.6) is 0 Å². The van der Waals surface area contributed by atoms with E-state index in [1.165, 1.54) is 17.6 Å². The Morgan fingerprint density at radius 3 is 1.97 bits per heavy atom. The van der Waals surface area contributed by atoms with Gasteiger partial charge in [0.1, 0.15) is 5.70 Å². The molecule has 0 spiro atoms. The molecular formula is C26H24N2O4. The first kappa shape index (κ1) is 21.3. The molecule has 4 rings (SSSR count). The van der Waals surface area contributed by atoms with Crippen LogP contribution in [0.15, 0.2) is 90.1 Å². The van der Waals surface area contributed by atoms with E-state index in [0.29, 0.717) is 5.69 Å². The summed E-state index contributed by atoms with van der Waals surface area (Å²) in [5.41, 5.74) is 5.57. The molecule has 1 aliphatic rings. The largest absolute Gasteiger partial charge is 0.466 e. The number of carbonyl (C=O) groups is 2. The van der Waals surface area contributed by atoms with Crippen molar-refractivity contribution >= 4 is 17.6 Å². The lowest BCUT2D eigenvalue weighted by molar-refractivity contribution is -0.136. The van der Waals surface area contributed by atoms with Gasteiger partial charge in [-0.3, -0.25) is 4.79 Å². The number of hydrogen-bond acceptors (Lipinski definition) is 5. The Labute approximate surface area is 186 Å². The van der Waals surface area contributed by atoms with Crippen molar-refractivity contribution in [1.29, 1.82) is 0 Å². The lowest BCUT2D eigenvalue weighted by atomic mass is 10.0. The summed E-state index contributed by atoms with van der Waals surface area (Å²) in [6, 6.07) is 26.2. The van der Waals surface area contributed by atoms with Gasteiger partial charge < -0.3 is 20.1 Å². The third-order valence-electron chi connectivity index (χ3n) is 5.43. The standard InChI is InChI=1S/C26H24N2O4/c1-32-26(31)23-17-28(15-16-29)25(30)24(23)27-22-13-11-21(12-14-22)20-9-7-19(8-10-20)18-5-3-2-4-6-18/h2-14,27,29H,15-17H2,1H3. The van der Waals surface area contributed by atoms with E-state index < -0.39 is 5.97 Å². The van der Waals surface area contributed by atoms with Crippen LogP contribution in [0.4, 0.5) is 5.69 Å². The van der Waals surface area contributed by atoms with E-state index >= 15 is 0 Å². The first-order valence-corrected chi connectivity index (χ1v) is 10.3. The van der Waals surface area contributed by atoms with Gasteiger partial charge >= 0.3 is 5.97 Å². The van der Waals surface area contributed by atoms with Gasteiger partial charge in [0.15, 0.2) is 0 Å². The summed E-state index contributed by atoms with van der Waals surface area (Å²) in [6.07, 6.45) is 0. The number of rotatable bonds is 7. The maximum atomic E-state index is 12.7. The maximum absolute atomic E-state index is 12.7. The second-order valence-corrected chi connectivity index (χ2v) is 7.44. The summed E-state index contributed by atoms with van der Waals surface area (Å²) < 4.78 is 4.82. The highest BCUT2D eigenvalue weighted by Gasteiger charge is 2.34. The molecule has 6 nitrogen and oxygen atoms in total. The predicted molar refractivity (Wildman–Crippen MR) is 124 cm³/mol. The minimum absolute atomic E-state index is 0.111. The number of methoxy groups -OCH3 is 1. The number of carbonyl (C=O) groups excluding carboxylic acids is 2. The number of aliphatic hydroxyl groups excluding tert-OH is 1. The fourth-order valence-corrected chi connectivity index (χ4v) is 3.73. The van der Waals surface area contributed by atoms with E-state index in [4.69, 9.17) is 4.74 Å². The Hall–Kier alpha value is -3.90. The fourth-order valence-electron chi connectivity index (χ4n) is 3.73. The second-order valence-electron chi connectivity index (χ2n) is 7.44. The number of anilines is 1. The molecule has 0 aromatic heterocycles. The van der Waals surface area contributed by atoms with Crippen molar-refractivity contribution in [1.82, 2.24) is 4.90 Å². The van der Waals surface area contributed by atoms with Crippen molar-refractivity contribution in [3.8, 4) is 22.3 Å². The van der Waals surface area contributed by atoms with Crippen LogP contribution in [0.2, 0.25) is 0 Å². The zero-order valence-electron chi connectivity index (χ0n) is 17.7. The van der Waals surface area contributed by atoms with E-state index in [1.807, 2.05) is 42.5 Å². The summed E-state index contributed by atoms with van der Waals surface area (Å²) in [4.78, 5) is 26.2. The number of ether oxygens (including phenoxy) is 1. The second kappa shape index (κ2) is 9.49. The number of benzene rings is 3. The number of nitrogens with one attached hydrogen (secondary N) is 1. The molecule has 0 aliphatic carbocycles. The van der Waals surface area contributed by atoms with Crippen LogP contribution in [0.25, 0.3) is 22.3 Å². The zero-order chi connectivity index (χ0) is 22.5. The SMILES string of the molecule is COC(=O)C1=C(Nc2ccc(-c3ccc(-c4ccccc4)cc3)cc2)C(=O)N(CCO)C1. The molecule has 162 valence electrons. The minimum Gasteiger partial charge on any atom is -0.466 e. The summed E-state index contributed by atoms with van der Waals surface area (Å²) >= 11 is 0. The van der Waals surface area contributed by atoms with Crippen molar-refractivity contribution in [3.63, 3.8) is 0 Å². The molecule has 3 aromatic carbocycles. The summed E-state index contributed by atoms with van der Waals surface area (Å²) in [5.74, 6) is -0.892. The van der Waals surface area contributed by atoms with Gasteiger partial charge in [-0.25, -0.2) is 4.79 Å². The molecule has 0 fully saturated rings. The monoisotopic (exact) mass is 428 g/mol. The number of amides is 1. The average molecular weight is 428 g/mol. The normalized spacial score (nSPS) is 13.4. The number of aliphatic hydroxyl groups is 1. The summed E-state index contributed by atoms with van der Waals surface area (Å²) in [7, 11) is 1.28. The van der Waals surface area contributed by atoms with E-state index in [1.54, 1.807) is 0 Å². The van der Waals surface area contributed by atoms with Crippen LogP contribution >= 0.6 is 0 Å². The quantitative estimate of drug-likeness (QED) is 0.561. The Bertz CT molecular complexity index is 1140. The fraction of sp³-hybridized carbons (Fsp3) is 0.154. The summed E-state index contributed by atoms with van der Waals surface area (Å²) in [6.45, 7) is 0.0912. The number of esters is 1. The Morgan fingerprint density at radius 2 is 1.44 bits per heavy atom. The third kappa shape index (κ3) is 4.40. The molecule has 0 unspecified atom stereocenters. The van der Waals surface area contributed by atoms with Gasteiger partial charge in [0.05, 0.1) is 25.8 Å². The minimum atomic E-state index is -0.559. The van der Waals surface area contributed by atoms with Crippen molar-refractivity contribution in [2.24, 2.45) is 0 Å². The highest BCUT2D eigenvalue weighted by molar-refractivity contribution is 6.08. The van der Waals surface area contributed by atoms with Crippen LogP contribution in [0, 0.1) is 0 Å². The first-order chi connectivity index (χ1) is 15.6. The highest BCUT2D eigenvalue weighted by atomic mass is 16.5. The van der Waals surface area contributed by atoms with Gasteiger partial charge in [0.25, 0.3) is 5.91 Å². The van der Waals surface area contributed by atoms with Crippen molar-refractivity contribution in [2.45, 2.75) is 0 Å². The molecule has 0 saturated heterocycles. The summed E-state index contributed by atoms with van der Waals surface area (Å²) in [5, 5.41) is 12.2. The Balaban J connectivity index is 1.52. The van der Waals surface area contributed by atoms with E-state index in [2.05, 4.69) is 41.7 Å². The molecule has 32 heavy (non-hydrogen) atoms. The van der Waals surface area contributed by atoms with Gasteiger partial charge in [0, 0.05) is 12.2 Å². The van der Waals surface area contributed by atoms with Crippen molar-refractivity contribution < 1.29 is 19.4 Å². The van der Waals surface area contributed by atoms with Crippen LogP contribution < -0.4 is 5.32 Å². The van der Waals surface area contributed by atoms with Crippen LogP contribution in [0.3, 0.4) is 0 Å². The smallest absolute Gasteiger partial charge is 0.337 e. The number of β-amino-alcohol motifs (C(OH)–C–C–N with tert-alkyl or cyclic N) is 1. The van der Waals surface area contributed by atoms with Gasteiger partial charge in [-0.15, -0.1) is 0 Å². The highest BCUT2D eigenvalue weighted by Crippen LogP contribution is 2.27. The number of hydrogen-bond donors (Lipinski definition) is 2. The Morgan fingerprint density at radius 1 is 0.906 bits per heavy atom. The molecule has 1 aliphatic heterocycles. The maximum Gasteiger partial charge on any atom is 0.337 e. The molecule has 1 amide bonds. The molecule has 0 saturated carbocycles. The average Bonchev–Trinajstić information content (AvgIpc) is 3.15. The van der Waals surface area contributed by atoms with E-state index in [9.17, 15) is 14.7 Å². The third-order valence-corrected chi connectivity index (χ3v) is 5.43. The van der Waals surface area contributed by atoms with E-state index in [-0.39, 0.29) is 36.9 Å². The van der Waals surface area contributed by atoms with Crippen LogP contribution in [-0.2, 0) is 14.3 Å². The van der Waals surface area contributed by atoms with Gasteiger partial charge in [-0.05, 0) is 34.4 Å². The predicted octanol–water partition coefficient (Wildman–Crippen LogP) is 3.69. The van der Waals surface area contributed by atoms with Gasteiger partial charge in [-0.2, -0.15) is 0 Å². The number of nitrogens with zero attached hydrogens (tertiary/aromatic N) is 1. The topological polar surface area (TPSA) is 78.9 Å². The first-order valence-electron chi connectivity index (χ1n) is 10.3. The molecule has 2 N–H and O–H groups in total. The zero-order valence-corrected chi connectivity index (χ0v) is 17.7. The van der Waals surface area contributed by atoms with Crippen molar-refractivity contribution in [3.05, 3.63) is 90.1 Å². The van der Waals surface area contributed by atoms with Gasteiger partial charge in [-0.1, -0.05) is 66.7 Å². The van der Waals surface area contributed by atoms with Crippen molar-refractivity contribution in [2.75, 3.05) is 32.1 Å². The molecular weight excluding hydrogens is 404 g/mol. The van der Waals surface area contributed by atoms with Crippen LogP contribution in [-0.4, -0.2) is 48.7 Å². The molecule has 0 atom stereocenters. The Kier molecular flexibility index (Phi) is 6.33. The van der Waals surface area contributed by atoms with E-state index in [0.717, 1.165) is 16.7 Å². The van der Waals surface area contributed by atoms with Gasteiger partial charge in [0.2, 0.25) is 0 Å². The molecule has 3 aromatic rings. The molecule has 0 bridgehead atoms. The molecule has 0 radical (unpaired) electrons.